The Morgan fingerprint density at radius 2 is 2.10 bits per heavy atom. The highest BCUT2D eigenvalue weighted by Crippen LogP contribution is 2.15. The average molecular weight is 273 g/mol. The van der Waals surface area contributed by atoms with E-state index >= 15 is 0 Å². The molecule has 1 heterocycles. The van der Waals surface area contributed by atoms with E-state index in [9.17, 15) is 9.90 Å². The van der Waals surface area contributed by atoms with Gasteiger partial charge in [-0.15, -0.1) is 0 Å². The van der Waals surface area contributed by atoms with Crippen LogP contribution in [0.5, 0.6) is 5.75 Å². The summed E-state index contributed by atoms with van der Waals surface area (Å²) in [6.45, 7) is 1.98. The maximum atomic E-state index is 11.5. The van der Waals surface area contributed by atoms with Gasteiger partial charge >= 0.3 is 6.03 Å². The van der Waals surface area contributed by atoms with Crippen molar-refractivity contribution in [3.63, 3.8) is 0 Å². The normalized spacial score (nSPS) is 11.2. The van der Waals surface area contributed by atoms with Crippen LogP contribution in [0.15, 0.2) is 52.2 Å². The van der Waals surface area contributed by atoms with Gasteiger partial charge < -0.3 is 14.8 Å². The first-order valence-corrected chi connectivity index (χ1v) is 6.05. The molecule has 0 aliphatic carbocycles. The van der Waals surface area contributed by atoms with Crippen molar-refractivity contribution in [2.75, 3.05) is 0 Å². The molecule has 0 aliphatic rings. The molecule has 0 radical (unpaired) electrons. The molecule has 0 atom stereocenters. The van der Waals surface area contributed by atoms with Gasteiger partial charge in [-0.25, -0.2) is 10.2 Å². The molecule has 0 aliphatic heterocycles. The zero-order valence-corrected chi connectivity index (χ0v) is 11.0. The third kappa shape index (κ3) is 3.61. The zero-order valence-electron chi connectivity index (χ0n) is 11.0. The summed E-state index contributed by atoms with van der Waals surface area (Å²) >= 11 is 0. The number of amides is 2. The average Bonchev–Trinajstić information content (AvgIpc) is 2.96. The molecule has 2 rings (SSSR count). The summed E-state index contributed by atoms with van der Waals surface area (Å²) < 4.78 is 5.08. The summed E-state index contributed by atoms with van der Waals surface area (Å²) in [5.41, 5.74) is 3.43. The van der Waals surface area contributed by atoms with Gasteiger partial charge in [-0.3, -0.25) is 0 Å². The fourth-order valence-corrected chi connectivity index (χ4v) is 1.59. The predicted molar refractivity (Wildman–Crippen MR) is 74.4 cm³/mol. The van der Waals surface area contributed by atoms with Crippen molar-refractivity contribution in [1.82, 2.24) is 10.7 Å². The van der Waals surface area contributed by atoms with E-state index < -0.39 is 6.03 Å². The molecule has 1 aromatic carbocycles. The minimum absolute atomic E-state index is 0.117. The Morgan fingerprint density at radius 1 is 1.30 bits per heavy atom. The molecular formula is C14H15N3O3. The lowest BCUT2D eigenvalue weighted by atomic mass is 10.1. The van der Waals surface area contributed by atoms with Gasteiger partial charge in [0.2, 0.25) is 0 Å². The van der Waals surface area contributed by atoms with Gasteiger partial charge in [-0.05, 0) is 31.2 Å². The van der Waals surface area contributed by atoms with Gasteiger partial charge in [-0.1, -0.05) is 12.1 Å². The second kappa shape index (κ2) is 6.42. The first-order valence-electron chi connectivity index (χ1n) is 6.05. The van der Waals surface area contributed by atoms with Gasteiger partial charge in [-0.2, -0.15) is 5.10 Å². The lowest BCUT2D eigenvalue weighted by molar-refractivity contribution is 0.240. The Kier molecular flexibility index (Phi) is 4.39. The number of phenols is 1. The number of aromatic hydroxyl groups is 1. The molecule has 104 valence electrons. The van der Waals surface area contributed by atoms with E-state index in [1.807, 2.05) is 0 Å². The van der Waals surface area contributed by atoms with Crippen LogP contribution in [0, 0.1) is 0 Å². The summed E-state index contributed by atoms with van der Waals surface area (Å²) in [5.74, 6) is 0.771. The molecule has 1 aromatic heterocycles. The van der Waals surface area contributed by atoms with Crippen molar-refractivity contribution >= 4 is 11.7 Å². The molecule has 20 heavy (non-hydrogen) atoms. The highest BCUT2D eigenvalue weighted by atomic mass is 16.3. The first-order chi connectivity index (χ1) is 9.66. The van der Waals surface area contributed by atoms with Gasteiger partial charge in [0, 0.05) is 5.56 Å². The Balaban J connectivity index is 1.88. The molecule has 0 saturated heterocycles. The van der Waals surface area contributed by atoms with E-state index in [0.717, 1.165) is 0 Å². The number of rotatable bonds is 4. The number of phenolic OH excluding ortho intramolecular Hbond substituents is 1. The number of carbonyl (C=O) groups excluding carboxylic acids is 1. The van der Waals surface area contributed by atoms with Gasteiger partial charge in [0.05, 0.1) is 18.5 Å². The number of para-hydroxylation sites is 1. The molecule has 2 aromatic rings. The molecule has 0 bridgehead atoms. The topological polar surface area (TPSA) is 86.9 Å². The second-order valence-corrected chi connectivity index (χ2v) is 4.09. The number of carbonyl (C=O) groups is 1. The van der Waals surface area contributed by atoms with Gasteiger partial charge in [0.15, 0.2) is 0 Å². The summed E-state index contributed by atoms with van der Waals surface area (Å²) in [6, 6.07) is 9.84. The van der Waals surface area contributed by atoms with E-state index in [1.165, 1.54) is 6.26 Å². The quantitative estimate of drug-likeness (QED) is 0.589. The van der Waals surface area contributed by atoms with Crippen molar-refractivity contribution in [1.29, 1.82) is 0 Å². The van der Waals surface area contributed by atoms with Crippen LogP contribution in [-0.2, 0) is 6.54 Å². The predicted octanol–water partition coefficient (Wildman–Crippen LogP) is 2.21. The molecule has 0 unspecified atom stereocenters. The standard InChI is InChI=1S/C14H15N3O3/c1-10(12-6-2-3-7-13(12)18)16-17-14(19)15-9-11-5-4-8-20-11/h2-8,18H,9H2,1H3,(H2,15,17,19)/b16-10+. The summed E-state index contributed by atoms with van der Waals surface area (Å²) in [6.07, 6.45) is 1.54. The number of hydrogen-bond acceptors (Lipinski definition) is 4. The van der Waals surface area contributed by atoms with Crippen LogP contribution in [0.2, 0.25) is 0 Å². The van der Waals surface area contributed by atoms with Crippen LogP contribution in [-0.4, -0.2) is 16.8 Å². The summed E-state index contributed by atoms with van der Waals surface area (Å²) in [7, 11) is 0. The summed E-state index contributed by atoms with van der Waals surface area (Å²) in [4.78, 5) is 11.5. The van der Waals surface area contributed by atoms with Crippen molar-refractivity contribution in [3.05, 3.63) is 54.0 Å². The third-order valence-electron chi connectivity index (χ3n) is 2.62. The Labute approximate surface area is 116 Å². The van der Waals surface area contributed by atoms with Crippen molar-refractivity contribution < 1.29 is 14.3 Å². The Hall–Kier alpha value is -2.76. The number of urea groups is 1. The van der Waals surface area contributed by atoms with Crippen LogP contribution in [0.3, 0.4) is 0 Å². The lowest BCUT2D eigenvalue weighted by Gasteiger charge is -2.05. The molecule has 0 saturated carbocycles. The number of furan rings is 1. The lowest BCUT2D eigenvalue weighted by Crippen LogP contribution is -2.32. The maximum absolute atomic E-state index is 11.5. The summed E-state index contributed by atoms with van der Waals surface area (Å²) in [5, 5.41) is 16.2. The smallest absolute Gasteiger partial charge is 0.335 e. The van der Waals surface area contributed by atoms with Gasteiger partial charge in [0.1, 0.15) is 11.5 Å². The fourth-order valence-electron chi connectivity index (χ4n) is 1.59. The molecule has 3 N–H and O–H groups in total. The molecule has 6 heteroatoms. The van der Waals surface area contributed by atoms with E-state index in [0.29, 0.717) is 17.0 Å². The number of hydrogen-bond donors (Lipinski definition) is 3. The first kappa shape index (κ1) is 13.7. The highest BCUT2D eigenvalue weighted by Gasteiger charge is 2.05. The number of nitrogens with one attached hydrogen (secondary N) is 2. The highest BCUT2D eigenvalue weighted by molar-refractivity contribution is 6.01. The van der Waals surface area contributed by atoms with E-state index in [-0.39, 0.29) is 12.3 Å². The molecule has 0 spiro atoms. The molecular weight excluding hydrogens is 258 g/mol. The minimum atomic E-state index is -0.448. The van der Waals surface area contributed by atoms with Crippen molar-refractivity contribution in [2.45, 2.75) is 13.5 Å². The zero-order chi connectivity index (χ0) is 14.4. The van der Waals surface area contributed by atoms with E-state index in [1.54, 1.807) is 43.3 Å². The van der Waals surface area contributed by atoms with Crippen LogP contribution < -0.4 is 10.7 Å². The third-order valence-corrected chi connectivity index (χ3v) is 2.62. The van der Waals surface area contributed by atoms with Crippen LogP contribution in [0.25, 0.3) is 0 Å². The Morgan fingerprint density at radius 3 is 2.80 bits per heavy atom. The molecule has 6 nitrogen and oxygen atoms in total. The van der Waals surface area contributed by atoms with E-state index in [4.69, 9.17) is 4.42 Å². The number of benzene rings is 1. The number of hydrazone groups is 1. The minimum Gasteiger partial charge on any atom is -0.507 e. The number of nitrogens with zero attached hydrogens (tertiary/aromatic N) is 1. The second-order valence-electron chi connectivity index (χ2n) is 4.09. The van der Waals surface area contributed by atoms with Crippen LogP contribution >= 0.6 is 0 Å². The van der Waals surface area contributed by atoms with E-state index in [2.05, 4.69) is 15.8 Å². The Bertz CT molecular complexity index is 606. The van der Waals surface area contributed by atoms with Crippen LogP contribution in [0.4, 0.5) is 4.79 Å². The maximum Gasteiger partial charge on any atom is 0.335 e. The van der Waals surface area contributed by atoms with Crippen LogP contribution in [0.1, 0.15) is 18.2 Å². The molecule has 0 fully saturated rings. The van der Waals surface area contributed by atoms with Crippen molar-refractivity contribution in [2.24, 2.45) is 5.10 Å². The SMILES string of the molecule is C/C(=N\NC(=O)NCc1ccco1)c1ccccc1O. The van der Waals surface area contributed by atoms with Crippen molar-refractivity contribution in [3.8, 4) is 5.75 Å². The molecule has 2 amide bonds. The van der Waals surface area contributed by atoms with Gasteiger partial charge in [0.25, 0.3) is 0 Å². The monoisotopic (exact) mass is 273 g/mol. The largest absolute Gasteiger partial charge is 0.507 e. The fraction of sp³-hybridized carbons (Fsp3) is 0.143.